The smallest absolute Gasteiger partial charge is 0.191 e. The third-order valence-corrected chi connectivity index (χ3v) is 3.75. The quantitative estimate of drug-likeness (QED) is 0.272. The molecule has 0 aromatic carbocycles. The van der Waals surface area contributed by atoms with E-state index in [9.17, 15) is 0 Å². The molecular weight excluding hydrogens is 296 g/mol. The number of rotatable bonds is 14. The average Bonchev–Trinajstić information content (AvgIpc) is 3.40. The van der Waals surface area contributed by atoms with Gasteiger partial charge >= 0.3 is 0 Å². The predicted octanol–water partition coefficient (Wildman–Crippen LogP) is 0.315. The van der Waals surface area contributed by atoms with Crippen molar-refractivity contribution in [3.05, 3.63) is 0 Å². The van der Waals surface area contributed by atoms with E-state index in [0.717, 1.165) is 57.8 Å². The summed E-state index contributed by atoms with van der Waals surface area (Å²) >= 11 is 0. The second-order valence-corrected chi connectivity index (χ2v) is 5.64. The van der Waals surface area contributed by atoms with Crippen molar-refractivity contribution in [2.45, 2.75) is 25.3 Å². The topological polar surface area (TPSA) is 67.4 Å². The molecule has 1 aliphatic carbocycles. The highest BCUT2D eigenvalue weighted by atomic mass is 16.5. The van der Waals surface area contributed by atoms with E-state index in [1.165, 1.54) is 12.8 Å². The van der Waals surface area contributed by atoms with Crippen molar-refractivity contribution < 1.29 is 14.2 Å². The number of ether oxygens (including phenoxy) is 3. The molecule has 0 saturated heterocycles. The van der Waals surface area contributed by atoms with Gasteiger partial charge in [0.1, 0.15) is 0 Å². The summed E-state index contributed by atoms with van der Waals surface area (Å²) in [4.78, 5) is 6.74. The molecule has 0 spiro atoms. The fraction of sp³-hybridized carbons (Fsp3) is 0.938. The number of hydrogen-bond donors (Lipinski definition) is 2. The van der Waals surface area contributed by atoms with Crippen LogP contribution in [0.25, 0.3) is 0 Å². The molecule has 0 atom stereocenters. The van der Waals surface area contributed by atoms with Gasteiger partial charge in [0, 0.05) is 60.1 Å². The minimum absolute atomic E-state index is 0.650. The second kappa shape index (κ2) is 13.5. The molecule has 0 heterocycles. The van der Waals surface area contributed by atoms with Gasteiger partial charge in [-0.05, 0) is 19.3 Å². The molecule has 0 aromatic rings. The SMILES string of the molecule is CN=C(NCCCOCCOC)NCCN(CCOC)C1CC1. The van der Waals surface area contributed by atoms with Crippen molar-refractivity contribution in [1.29, 1.82) is 0 Å². The molecule has 0 aliphatic heterocycles. The van der Waals surface area contributed by atoms with Crippen LogP contribution in [-0.4, -0.2) is 90.8 Å². The first-order valence-electron chi connectivity index (χ1n) is 8.56. The third-order valence-electron chi connectivity index (χ3n) is 3.75. The van der Waals surface area contributed by atoms with E-state index in [-0.39, 0.29) is 0 Å². The van der Waals surface area contributed by atoms with Gasteiger partial charge in [0.05, 0.1) is 19.8 Å². The van der Waals surface area contributed by atoms with Crippen LogP contribution in [0.1, 0.15) is 19.3 Å². The van der Waals surface area contributed by atoms with Crippen molar-refractivity contribution in [3.8, 4) is 0 Å². The lowest BCUT2D eigenvalue weighted by molar-refractivity contribution is 0.0698. The molecular formula is C16H34N4O3. The number of hydrogen-bond acceptors (Lipinski definition) is 5. The van der Waals surface area contributed by atoms with Gasteiger partial charge in [0.15, 0.2) is 5.96 Å². The summed E-state index contributed by atoms with van der Waals surface area (Å²) in [5.41, 5.74) is 0. The van der Waals surface area contributed by atoms with Crippen LogP contribution in [0.5, 0.6) is 0 Å². The molecule has 1 fully saturated rings. The Morgan fingerprint density at radius 2 is 1.74 bits per heavy atom. The predicted molar refractivity (Wildman–Crippen MR) is 93.1 cm³/mol. The molecule has 0 unspecified atom stereocenters. The summed E-state index contributed by atoms with van der Waals surface area (Å²) in [6, 6.07) is 0.756. The van der Waals surface area contributed by atoms with Crippen LogP contribution in [0, 0.1) is 0 Å². The fourth-order valence-electron chi connectivity index (χ4n) is 2.29. The Labute approximate surface area is 140 Å². The van der Waals surface area contributed by atoms with E-state index in [1.54, 1.807) is 21.3 Å². The molecule has 0 bridgehead atoms. The zero-order chi connectivity index (χ0) is 16.8. The van der Waals surface area contributed by atoms with Gasteiger partial charge in [-0.15, -0.1) is 0 Å². The van der Waals surface area contributed by atoms with E-state index >= 15 is 0 Å². The monoisotopic (exact) mass is 330 g/mol. The van der Waals surface area contributed by atoms with Gasteiger partial charge < -0.3 is 24.8 Å². The van der Waals surface area contributed by atoms with E-state index in [4.69, 9.17) is 14.2 Å². The summed E-state index contributed by atoms with van der Waals surface area (Å²) < 4.78 is 15.5. The zero-order valence-corrected chi connectivity index (χ0v) is 15.0. The molecule has 1 aliphatic rings. The summed E-state index contributed by atoms with van der Waals surface area (Å²) in [6.45, 7) is 6.61. The van der Waals surface area contributed by atoms with Crippen LogP contribution >= 0.6 is 0 Å². The van der Waals surface area contributed by atoms with E-state index in [2.05, 4.69) is 20.5 Å². The first kappa shape index (κ1) is 20.2. The Bertz CT molecular complexity index is 312. The van der Waals surface area contributed by atoms with Crippen LogP contribution in [0.2, 0.25) is 0 Å². The second-order valence-electron chi connectivity index (χ2n) is 5.64. The number of methoxy groups -OCH3 is 2. The minimum Gasteiger partial charge on any atom is -0.383 e. The molecule has 7 nitrogen and oxygen atoms in total. The van der Waals surface area contributed by atoms with Crippen molar-refractivity contribution >= 4 is 5.96 Å². The number of nitrogens with one attached hydrogen (secondary N) is 2. The van der Waals surface area contributed by atoms with Crippen molar-refractivity contribution in [2.24, 2.45) is 4.99 Å². The molecule has 1 rings (SSSR count). The lowest BCUT2D eigenvalue weighted by Gasteiger charge is -2.22. The molecule has 136 valence electrons. The third kappa shape index (κ3) is 10.5. The molecule has 0 aromatic heterocycles. The van der Waals surface area contributed by atoms with Gasteiger partial charge in [0.2, 0.25) is 0 Å². The lowest BCUT2D eigenvalue weighted by atomic mass is 10.4. The summed E-state index contributed by atoms with van der Waals surface area (Å²) in [5, 5.41) is 6.67. The summed E-state index contributed by atoms with van der Waals surface area (Å²) in [6.07, 6.45) is 3.59. The summed E-state index contributed by atoms with van der Waals surface area (Å²) in [5.74, 6) is 0.851. The van der Waals surface area contributed by atoms with Gasteiger partial charge in [-0.2, -0.15) is 0 Å². The molecule has 23 heavy (non-hydrogen) atoms. The van der Waals surface area contributed by atoms with Gasteiger partial charge in [-0.25, -0.2) is 0 Å². The Morgan fingerprint density at radius 1 is 1.00 bits per heavy atom. The van der Waals surface area contributed by atoms with Crippen LogP contribution in [0.4, 0.5) is 0 Å². The normalized spacial score (nSPS) is 15.2. The standard InChI is InChI=1S/C16H34N4O3/c1-17-16(18-7-4-11-23-14-13-22-3)19-8-9-20(10-12-21-2)15-5-6-15/h15H,4-14H2,1-3H3,(H2,17,18,19). The van der Waals surface area contributed by atoms with Gasteiger partial charge in [-0.3, -0.25) is 9.89 Å². The van der Waals surface area contributed by atoms with E-state index in [0.29, 0.717) is 13.2 Å². The van der Waals surface area contributed by atoms with Crippen LogP contribution in [0.15, 0.2) is 4.99 Å². The first-order valence-corrected chi connectivity index (χ1v) is 8.56. The Balaban J connectivity index is 2.04. The van der Waals surface area contributed by atoms with Gasteiger partial charge in [0.25, 0.3) is 0 Å². The van der Waals surface area contributed by atoms with Crippen LogP contribution in [-0.2, 0) is 14.2 Å². The highest BCUT2D eigenvalue weighted by molar-refractivity contribution is 5.79. The molecule has 1 saturated carbocycles. The van der Waals surface area contributed by atoms with Crippen molar-refractivity contribution in [3.63, 3.8) is 0 Å². The maximum Gasteiger partial charge on any atom is 0.191 e. The zero-order valence-electron chi connectivity index (χ0n) is 15.0. The average molecular weight is 330 g/mol. The molecule has 2 N–H and O–H groups in total. The van der Waals surface area contributed by atoms with Crippen LogP contribution < -0.4 is 10.6 Å². The van der Waals surface area contributed by atoms with Crippen molar-refractivity contribution in [2.75, 3.05) is 73.9 Å². The fourth-order valence-corrected chi connectivity index (χ4v) is 2.29. The van der Waals surface area contributed by atoms with Crippen molar-refractivity contribution in [1.82, 2.24) is 15.5 Å². The largest absolute Gasteiger partial charge is 0.383 e. The van der Waals surface area contributed by atoms with E-state index < -0.39 is 0 Å². The Hall–Kier alpha value is -0.890. The van der Waals surface area contributed by atoms with E-state index in [1.807, 2.05) is 0 Å². The minimum atomic E-state index is 0.650. The Kier molecular flexibility index (Phi) is 11.9. The lowest BCUT2D eigenvalue weighted by Crippen LogP contribution is -2.43. The number of guanidine groups is 1. The maximum absolute atomic E-state index is 5.43. The molecule has 7 heteroatoms. The molecule has 0 amide bonds. The molecule has 0 radical (unpaired) electrons. The highest BCUT2D eigenvalue weighted by Gasteiger charge is 2.28. The van der Waals surface area contributed by atoms with Gasteiger partial charge in [-0.1, -0.05) is 0 Å². The Morgan fingerprint density at radius 3 is 2.39 bits per heavy atom. The first-order chi connectivity index (χ1) is 11.3. The number of aliphatic imine (C=N–C) groups is 1. The maximum atomic E-state index is 5.43. The number of nitrogens with zero attached hydrogens (tertiary/aromatic N) is 2. The van der Waals surface area contributed by atoms with Crippen LogP contribution in [0.3, 0.4) is 0 Å². The summed E-state index contributed by atoms with van der Waals surface area (Å²) in [7, 11) is 5.24. The highest BCUT2D eigenvalue weighted by Crippen LogP contribution is 2.25.